The zero-order chi connectivity index (χ0) is 7.82. The molecule has 3 heteroatoms. The van der Waals surface area contributed by atoms with E-state index in [0.29, 0.717) is 0 Å². The first-order chi connectivity index (χ1) is 4.85. The van der Waals surface area contributed by atoms with Crippen molar-refractivity contribution >= 4 is 0 Å². The monoisotopic (exact) mass is 147 g/mol. The van der Waals surface area contributed by atoms with Gasteiger partial charge in [0.25, 0.3) is 0 Å². The van der Waals surface area contributed by atoms with E-state index in [2.05, 4.69) is 12.2 Å². The molecule has 0 saturated heterocycles. The standard InChI is InChI=1S/C7H17NO2/c1-4-8-6-5-7(9-2)10-3/h7-8H,4-6H2,1-3H3. The fourth-order valence-corrected chi connectivity index (χ4v) is 0.729. The number of methoxy groups -OCH3 is 2. The van der Waals surface area contributed by atoms with E-state index in [1.165, 1.54) is 0 Å². The van der Waals surface area contributed by atoms with Crippen LogP contribution in [0, 0.1) is 0 Å². The first kappa shape index (κ1) is 9.88. The predicted octanol–water partition coefficient (Wildman–Crippen LogP) is 0.605. The molecule has 0 bridgehead atoms. The summed E-state index contributed by atoms with van der Waals surface area (Å²) in [5.74, 6) is 0. The van der Waals surface area contributed by atoms with Gasteiger partial charge in [-0.25, -0.2) is 0 Å². The van der Waals surface area contributed by atoms with E-state index in [4.69, 9.17) is 9.47 Å². The quantitative estimate of drug-likeness (QED) is 0.441. The molecule has 0 aromatic heterocycles. The zero-order valence-corrected chi connectivity index (χ0v) is 7.02. The SMILES string of the molecule is CCNCCC(OC)OC. The van der Waals surface area contributed by atoms with Crippen molar-refractivity contribution in [1.29, 1.82) is 0 Å². The Bertz CT molecular complexity index is 64.6. The minimum atomic E-state index is -0.0564. The summed E-state index contributed by atoms with van der Waals surface area (Å²) in [6, 6.07) is 0. The molecule has 0 unspecified atom stereocenters. The Hall–Kier alpha value is -0.120. The fourth-order valence-electron chi connectivity index (χ4n) is 0.729. The largest absolute Gasteiger partial charge is 0.356 e. The van der Waals surface area contributed by atoms with Crippen LogP contribution in [-0.4, -0.2) is 33.6 Å². The molecule has 0 amide bonds. The zero-order valence-electron chi connectivity index (χ0n) is 7.02. The first-order valence-electron chi connectivity index (χ1n) is 3.61. The molecule has 0 atom stereocenters. The van der Waals surface area contributed by atoms with Crippen molar-refractivity contribution in [1.82, 2.24) is 5.32 Å². The summed E-state index contributed by atoms with van der Waals surface area (Å²) in [4.78, 5) is 0. The van der Waals surface area contributed by atoms with Crippen LogP contribution in [-0.2, 0) is 9.47 Å². The van der Waals surface area contributed by atoms with Gasteiger partial charge in [0.2, 0.25) is 0 Å². The second-order valence-electron chi connectivity index (χ2n) is 2.04. The van der Waals surface area contributed by atoms with Gasteiger partial charge in [0.1, 0.15) is 0 Å². The molecule has 62 valence electrons. The third kappa shape index (κ3) is 4.73. The maximum absolute atomic E-state index is 4.98. The van der Waals surface area contributed by atoms with Crippen LogP contribution >= 0.6 is 0 Å². The van der Waals surface area contributed by atoms with Crippen molar-refractivity contribution in [3.8, 4) is 0 Å². The third-order valence-corrected chi connectivity index (χ3v) is 1.33. The van der Waals surface area contributed by atoms with Crippen molar-refractivity contribution in [3.05, 3.63) is 0 Å². The average Bonchev–Trinajstić information content (AvgIpc) is 1.99. The Morgan fingerprint density at radius 2 is 1.90 bits per heavy atom. The van der Waals surface area contributed by atoms with Gasteiger partial charge in [0.15, 0.2) is 6.29 Å². The Balaban J connectivity index is 3.09. The number of hydrogen-bond donors (Lipinski definition) is 1. The fraction of sp³-hybridized carbons (Fsp3) is 1.00. The minimum absolute atomic E-state index is 0.0564. The van der Waals surface area contributed by atoms with Gasteiger partial charge in [-0.1, -0.05) is 6.92 Å². The highest BCUT2D eigenvalue weighted by Gasteiger charge is 2.01. The number of ether oxygens (including phenoxy) is 2. The van der Waals surface area contributed by atoms with Gasteiger partial charge in [-0.2, -0.15) is 0 Å². The Morgan fingerprint density at radius 1 is 1.30 bits per heavy atom. The summed E-state index contributed by atoms with van der Waals surface area (Å²) >= 11 is 0. The lowest BCUT2D eigenvalue weighted by atomic mass is 10.4. The van der Waals surface area contributed by atoms with Crippen molar-refractivity contribution in [2.75, 3.05) is 27.3 Å². The average molecular weight is 147 g/mol. The molecule has 0 radical (unpaired) electrons. The molecule has 0 saturated carbocycles. The maximum atomic E-state index is 4.98. The van der Waals surface area contributed by atoms with E-state index >= 15 is 0 Å². The second kappa shape index (κ2) is 6.99. The molecule has 0 aliphatic rings. The molecule has 0 aromatic rings. The summed E-state index contributed by atoms with van der Waals surface area (Å²) in [5, 5.41) is 3.19. The van der Waals surface area contributed by atoms with Crippen molar-refractivity contribution < 1.29 is 9.47 Å². The summed E-state index contributed by atoms with van der Waals surface area (Å²) in [5.41, 5.74) is 0. The molecule has 0 heterocycles. The smallest absolute Gasteiger partial charge is 0.158 e. The van der Waals surface area contributed by atoms with Crippen LogP contribution in [0.15, 0.2) is 0 Å². The van der Waals surface area contributed by atoms with Gasteiger partial charge in [0.05, 0.1) is 0 Å². The van der Waals surface area contributed by atoms with E-state index in [9.17, 15) is 0 Å². The summed E-state index contributed by atoms with van der Waals surface area (Å²) in [7, 11) is 3.31. The van der Waals surface area contributed by atoms with Crippen LogP contribution in [0.3, 0.4) is 0 Å². The topological polar surface area (TPSA) is 30.5 Å². The molecule has 0 aromatic carbocycles. The molecule has 10 heavy (non-hydrogen) atoms. The summed E-state index contributed by atoms with van der Waals surface area (Å²) < 4.78 is 9.97. The molecular formula is C7H17NO2. The van der Waals surface area contributed by atoms with Gasteiger partial charge < -0.3 is 14.8 Å². The Morgan fingerprint density at radius 3 is 2.30 bits per heavy atom. The molecule has 0 fully saturated rings. The van der Waals surface area contributed by atoms with E-state index in [1.54, 1.807) is 14.2 Å². The van der Waals surface area contributed by atoms with Gasteiger partial charge in [-0.15, -0.1) is 0 Å². The van der Waals surface area contributed by atoms with Crippen LogP contribution in [0.1, 0.15) is 13.3 Å². The molecule has 1 N–H and O–H groups in total. The maximum Gasteiger partial charge on any atom is 0.158 e. The van der Waals surface area contributed by atoms with Crippen molar-refractivity contribution in [2.45, 2.75) is 19.6 Å². The van der Waals surface area contributed by atoms with E-state index in [0.717, 1.165) is 19.5 Å². The summed E-state index contributed by atoms with van der Waals surface area (Å²) in [6.07, 6.45) is 0.847. The highest BCUT2D eigenvalue weighted by Crippen LogP contribution is 1.94. The van der Waals surface area contributed by atoms with Crippen LogP contribution in [0.4, 0.5) is 0 Å². The molecule has 0 rings (SSSR count). The Kier molecular flexibility index (Phi) is 6.91. The summed E-state index contributed by atoms with van der Waals surface area (Å²) in [6.45, 7) is 4.03. The Labute approximate surface area is 62.7 Å². The van der Waals surface area contributed by atoms with Gasteiger partial charge in [0, 0.05) is 20.6 Å². The lowest BCUT2D eigenvalue weighted by Crippen LogP contribution is -2.22. The third-order valence-electron chi connectivity index (χ3n) is 1.33. The lowest BCUT2D eigenvalue weighted by molar-refractivity contribution is -0.105. The number of rotatable bonds is 6. The molecular weight excluding hydrogens is 130 g/mol. The number of hydrogen-bond acceptors (Lipinski definition) is 3. The van der Waals surface area contributed by atoms with E-state index in [-0.39, 0.29) is 6.29 Å². The molecule has 3 nitrogen and oxygen atoms in total. The van der Waals surface area contributed by atoms with E-state index < -0.39 is 0 Å². The van der Waals surface area contributed by atoms with Crippen LogP contribution in [0.25, 0.3) is 0 Å². The highest BCUT2D eigenvalue weighted by atomic mass is 16.7. The lowest BCUT2D eigenvalue weighted by Gasteiger charge is -2.12. The number of nitrogens with one attached hydrogen (secondary N) is 1. The predicted molar refractivity (Wildman–Crippen MR) is 41.0 cm³/mol. The van der Waals surface area contributed by atoms with Crippen LogP contribution < -0.4 is 5.32 Å². The van der Waals surface area contributed by atoms with Crippen molar-refractivity contribution in [2.24, 2.45) is 0 Å². The van der Waals surface area contributed by atoms with Gasteiger partial charge >= 0.3 is 0 Å². The van der Waals surface area contributed by atoms with Crippen LogP contribution in [0.2, 0.25) is 0 Å². The van der Waals surface area contributed by atoms with Gasteiger partial charge in [-0.3, -0.25) is 0 Å². The molecule has 0 aliphatic carbocycles. The molecule has 0 spiro atoms. The first-order valence-corrected chi connectivity index (χ1v) is 3.61. The van der Waals surface area contributed by atoms with Crippen molar-refractivity contribution in [3.63, 3.8) is 0 Å². The van der Waals surface area contributed by atoms with Crippen LogP contribution in [0.5, 0.6) is 0 Å². The second-order valence-corrected chi connectivity index (χ2v) is 2.04. The normalized spacial score (nSPS) is 10.8. The van der Waals surface area contributed by atoms with Gasteiger partial charge in [-0.05, 0) is 13.1 Å². The highest BCUT2D eigenvalue weighted by molar-refractivity contribution is 4.47. The van der Waals surface area contributed by atoms with E-state index in [1.807, 2.05) is 0 Å². The molecule has 0 aliphatic heterocycles. The minimum Gasteiger partial charge on any atom is -0.356 e.